The van der Waals surface area contributed by atoms with Crippen molar-refractivity contribution in [1.29, 1.82) is 0 Å². The Hall–Kier alpha value is -0.970. The van der Waals surface area contributed by atoms with Gasteiger partial charge in [-0.05, 0) is 31.5 Å². The maximum absolute atomic E-state index is 6.28. The van der Waals surface area contributed by atoms with Gasteiger partial charge in [0.25, 0.3) is 0 Å². The fraction of sp³-hybridized carbons (Fsp3) is 0.600. The van der Waals surface area contributed by atoms with Crippen LogP contribution < -0.4 is 9.47 Å². The molecule has 1 fully saturated rings. The summed E-state index contributed by atoms with van der Waals surface area (Å²) in [5, 5.41) is 0.631. The van der Waals surface area contributed by atoms with Crippen LogP contribution in [0.3, 0.4) is 0 Å². The molecule has 0 aromatic heterocycles. The van der Waals surface area contributed by atoms with Gasteiger partial charge in [0, 0.05) is 19.1 Å². The van der Waals surface area contributed by atoms with Gasteiger partial charge in [0.15, 0.2) is 11.5 Å². The number of benzene rings is 1. The summed E-state index contributed by atoms with van der Waals surface area (Å²) in [6, 6.07) is 4.42. The van der Waals surface area contributed by atoms with E-state index in [4.69, 9.17) is 25.8 Å². The molecule has 2 aliphatic rings. The van der Waals surface area contributed by atoms with Crippen LogP contribution in [0.2, 0.25) is 5.02 Å². The molecular formula is C15H20ClNO3. The first-order valence-electron chi connectivity index (χ1n) is 7.07. The van der Waals surface area contributed by atoms with Crippen LogP contribution in [0.25, 0.3) is 0 Å². The van der Waals surface area contributed by atoms with Crippen molar-refractivity contribution < 1.29 is 14.2 Å². The summed E-state index contributed by atoms with van der Waals surface area (Å²) in [5.74, 6) is 1.43. The monoisotopic (exact) mass is 297 g/mol. The lowest BCUT2D eigenvalue weighted by Gasteiger charge is -2.37. The van der Waals surface area contributed by atoms with E-state index in [-0.39, 0.29) is 6.10 Å². The van der Waals surface area contributed by atoms with Crippen molar-refractivity contribution in [2.75, 3.05) is 26.4 Å². The summed E-state index contributed by atoms with van der Waals surface area (Å²) in [6.45, 7) is 8.00. The highest BCUT2D eigenvalue weighted by atomic mass is 35.5. The molecule has 1 saturated heterocycles. The molecule has 110 valence electrons. The number of hydrogen-bond donors (Lipinski definition) is 0. The predicted molar refractivity (Wildman–Crippen MR) is 77.7 cm³/mol. The molecule has 0 saturated carbocycles. The van der Waals surface area contributed by atoms with E-state index in [1.807, 2.05) is 12.1 Å². The second-order valence-electron chi connectivity index (χ2n) is 5.52. The van der Waals surface area contributed by atoms with Gasteiger partial charge in [-0.25, -0.2) is 0 Å². The summed E-state index contributed by atoms with van der Waals surface area (Å²) >= 11 is 6.28. The van der Waals surface area contributed by atoms with Crippen LogP contribution in [0.5, 0.6) is 11.5 Å². The lowest BCUT2D eigenvalue weighted by Crippen LogP contribution is -2.46. The average molecular weight is 298 g/mol. The minimum Gasteiger partial charge on any atom is -0.486 e. The number of nitrogens with zero attached hydrogens (tertiary/aromatic N) is 1. The van der Waals surface area contributed by atoms with Crippen LogP contribution in [-0.4, -0.2) is 43.4 Å². The van der Waals surface area contributed by atoms with Gasteiger partial charge in [0.2, 0.25) is 0 Å². The van der Waals surface area contributed by atoms with Crippen molar-refractivity contribution in [1.82, 2.24) is 4.90 Å². The van der Waals surface area contributed by atoms with Gasteiger partial charge < -0.3 is 14.2 Å². The minimum absolute atomic E-state index is 0.277. The highest BCUT2D eigenvalue weighted by Crippen LogP contribution is 2.38. The third kappa shape index (κ3) is 2.87. The summed E-state index contributed by atoms with van der Waals surface area (Å²) < 4.78 is 16.8. The number of rotatable bonds is 2. The Labute approximate surface area is 124 Å². The first-order valence-corrected chi connectivity index (χ1v) is 7.45. The predicted octanol–water partition coefficient (Wildman–Crippen LogP) is 2.72. The first-order chi connectivity index (χ1) is 9.63. The molecule has 5 heteroatoms. The molecule has 2 atom stereocenters. The van der Waals surface area contributed by atoms with E-state index in [0.717, 1.165) is 31.0 Å². The Morgan fingerprint density at radius 2 is 2.05 bits per heavy atom. The molecule has 2 aliphatic heterocycles. The smallest absolute Gasteiger partial charge is 0.179 e. The summed E-state index contributed by atoms with van der Waals surface area (Å²) in [5.41, 5.74) is 1.15. The summed E-state index contributed by atoms with van der Waals surface area (Å²) in [4.78, 5) is 2.41. The molecule has 0 amide bonds. The third-order valence-corrected chi connectivity index (χ3v) is 4.06. The second-order valence-corrected chi connectivity index (χ2v) is 5.93. The quantitative estimate of drug-likeness (QED) is 0.840. The van der Waals surface area contributed by atoms with Crippen LogP contribution >= 0.6 is 11.6 Å². The van der Waals surface area contributed by atoms with Crippen LogP contribution in [0.4, 0.5) is 0 Å². The van der Waals surface area contributed by atoms with E-state index in [9.17, 15) is 0 Å². The molecule has 0 aliphatic carbocycles. The van der Waals surface area contributed by atoms with E-state index in [2.05, 4.69) is 18.7 Å². The third-order valence-electron chi connectivity index (χ3n) is 3.78. The van der Waals surface area contributed by atoms with E-state index in [0.29, 0.717) is 30.0 Å². The molecule has 0 radical (unpaired) electrons. The van der Waals surface area contributed by atoms with Gasteiger partial charge in [-0.15, -0.1) is 0 Å². The van der Waals surface area contributed by atoms with Crippen LogP contribution in [-0.2, 0) is 11.3 Å². The Morgan fingerprint density at radius 1 is 1.25 bits per heavy atom. The molecule has 0 N–H and O–H groups in total. The number of morpholine rings is 1. The van der Waals surface area contributed by atoms with E-state index in [1.165, 1.54) is 0 Å². The lowest BCUT2D eigenvalue weighted by atomic mass is 10.1. The highest BCUT2D eigenvalue weighted by Gasteiger charge is 2.24. The topological polar surface area (TPSA) is 30.9 Å². The van der Waals surface area contributed by atoms with Crippen LogP contribution in [0.15, 0.2) is 12.1 Å². The number of ether oxygens (including phenoxy) is 3. The van der Waals surface area contributed by atoms with Crippen molar-refractivity contribution in [3.8, 4) is 11.5 Å². The standard InChI is InChI=1S/C15H20ClNO3/c1-10-9-20-11(2)7-17(10)8-12-5-13(16)15-14(6-12)18-3-4-19-15/h5-6,10-11H,3-4,7-9H2,1-2H3. The molecule has 0 spiro atoms. The van der Waals surface area contributed by atoms with Gasteiger partial charge >= 0.3 is 0 Å². The molecule has 1 aromatic carbocycles. The van der Waals surface area contributed by atoms with Crippen molar-refractivity contribution in [2.24, 2.45) is 0 Å². The Bertz CT molecular complexity index is 494. The lowest BCUT2D eigenvalue weighted by molar-refractivity contribution is -0.0526. The maximum atomic E-state index is 6.28. The molecule has 3 rings (SSSR count). The van der Waals surface area contributed by atoms with Gasteiger partial charge in [-0.1, -0.05) is 11.6 Å². The maximum Gasteiger partial charge on any atom is 0.179 e. The van der Waals surface area contributed by atoms with Crippen molar-refractivity contribution in [3.63, 3.8) is 0 Å². The fourth-order valence-corrected chi connectivity index (χ4v) is 2.97. The first kappa shape index (κ1) is 14.0. The fourth-order valence-electron chi connectivity index (χ4n) is 2.68. The normalized spacial score (nSPS) is 26.6. The SMILES string of the molecule is CC1CN(Cc2cc(Cl)c3c(c2)OCCO3)C(C)CO1. The Morgan fingerprint density at radius 3 is 2.90 bits per heavy atom. The van der Waals surface area contributed by atoms with E-state index in [1.54, 1.807) is 0 Å². The van der Waals surface area contributed by atoms with Gasteiger partial charge in [0.1, 0.15) is 13.2 Å². The second kappa shape index (κ2) is 5.80. The zero-order valence-electron chi connectivity index (χ0n) is 11.9. The zero-order valence-corrected chi connectivity index (χ0v) is 12.7. The van der Waals surface area contributed by atoms with Gasteiger partial charge in [0.05, 0.1) is 17.7 Å². The van der Waals surface area contributed by atoms with Crippen LogP contribution in [0, 0.1) is 0 Å². The van der Waals surface area contributed by atoms with Gasteiger partial charge in [-0.3, -0.25) is 4.90 Å². The van der Waals surface area contributed by atoms with Crippen molar-refractivity contribution in [2.45, 2.75) is 32.5 Å². The zero-order chi connectivity index (χ0) is 14.1. The van der Waals surface area contributed by atoms with Crippen molar-refractivity contribution >= 4 is 11.6 Å². The van der Waals surface area contributed by atoms with Gasteiger partial charge in [-0.2, -0.15) is 0 Å². The molecule has 2 heterocycles. The van der Waals surface area contributed by atoms with E-state index < -0.39 is 0 Å². The Kier molecular flexibility index (Phi) is 4.06. The highest BCUT2D eigenvalue weighted by molar-refractivity contribution is 6.32. The van der Waals surface area contributed by atoms with Crippen LogP contribution in [0.1, 0.15) is 19.4 Å². The molecule has 1 aromatic rings. The molecule has 2 unspecified atom stereocenters. The number of hydrogen-bond acceptors (Lipinski definition) is 4. The molecule has 4 nitrogen and oxygen atoms in total. The average Bonchev–Trinajstić information content (AvgIpc) is 2.43. The largest absolute Gasteiger partial charge is 0.486 e. The number of halogens is 1. The minimum atomic E-state index is 0.277. The summed E-state index contributed by atoms with van der Waals surface area (Å²) in [7, 11) is 0. The molecule has 20 heavy (non-hydrogen) atoms. The van der Waals surface area contributed by atoms with E-state index >= 15 is 0 Å². The Balaban J connectivity index is 1.78. The van der Waals surface area contributed by atoms with Crippen molar-refractivity contribution in [3.05, 3.63) is 22.7 Å². The molecular weight excluding hydrogens is 278 g/mol. The summed E-state index contributed by atoms with van der Waals surface area (Å²) in [6.07, 6.45) is 0.277. The number of fused-ring (bicyclic) bond motifs is 1. The molecule has 0 bridgehead atoms.